The number of para-hydroxylation sites is 1. The quantitative estimate of drug-likeness (QED) is 0.610. The molecule has 1 heterocycles. The van der Waals surface area contributed by atoms with E-state index in [4.69, 9.17) is 4.74 Å². The number of H-pyrrole nitrogens is 1. The standard InChI is InChI=1S/C20H20N2O4/c1-12(2)11-26-19-6-4-3-5-14(19)16-10-15(21-20(25)22-16)13-7-8-17(23)18(24)9-13/h3-10,12,23-24H,11H2,1-2H3,(H,21,22,25). The third kappa shape index (κ3) is 3.85. The lowest BCUT2D eigenvalue weighted by Crippen LogP contribution is -2.12. The number of phenols is 2. The topological polar surface area (TPSA) is 95.4 Å². The van der Waals surface area contributed by atoms with Gasteiger partial charge in [-0.15, -0.1) is 0 Å². The Kier molecular flexibility index (Phi) is 4.93. The molecule has 0 radical (unpaired) electrons. The molecule has 0 saturated heterocycles. The van der Waals surface area contributed by atoms with Crippen LogP contribution < -0.4 is 10.4 Å². The van der Waals surface area contributed by atoms with Gasteiger partial charge >= 0.3 is 5.69 Å². The van der Waals surface area contributed by atoms with Crippen LogP contribution in [0, 0.1) is 5.92 Å². The fourth-order valence-electron chi connectivity index (χ4n) is 2.50. The maximum Gasteiger partial charge on any atom is 0.345 e. The van der Waals surface area contributed by atoms with Crippen LogP contribution in [0.1, 0.15) is 13.8 Å². The minimum Gasteiger partial charge on any atom is -0.504 e. The van der Waals surface area contributed by atoms with E-state index in [1.807, 2.05) is 24.3 Å². The molecule has 0 fully saturated rings. The van der Waals surface area contributed by atoms with Crippen molar-refractivity contribution in [3.05, 3.63) is 59.0 Å². The molecule has 6 nitrogen and oxygen atoms in total. The molecular weight excluding hydrogens is 332 g/mol. The number of nitrogens with zero attached hydrogens (tertiary/aromatic N) is 1. The Morgan fingerprint density at radius 2 is 1.85 bits per heavy atom. The average molecular weight is 352 g/mol. The number of benzene rings is 2. The molecule has 0 aliphatic heterocycles. The van der Waals surface area contributed by atoms with Gasteiger partial charge in [0, 0.05) is 11.1 Å². The average Bonchev–Trinajstić information content (AvgIpc) is 2.62. The van der Waals surface area contributed by atoms with Gasteiger partial charge < -0.3 is 19.9 Å². The van der Waals surface area contributed by atoms with Crippen LogP contribution in [-0.2, 0) is 0 Å². The van der Waals surface area contributed by atoms with Crippen molar-refractivity contribution in [2.45, 2.75) is 13.8 Å². The maximum atomic E-state index is 12.1. The van der Waals surface area contributed by atoms with E-state index in [9.17, 15) is 15.0 Å². The van der Waals surface area contributed by atoms with Gasteiger partial charge in [0.2, 0.25) is 0 Å². The third-order valence-corrected chi connectivity index (χ3v) is 3.77. The van der Waals surface area contributed by atoms with Gasteiger partial charge in [-0.05, 0) is 42.3 Å². The van der Waals surface area contributed by atoms with E-state index in [-0.39, 0.29) is 11.5 Å². The summed E-state index contributed by atoms with van der Waals surface area (Å²) in [5.41, 5.74) is 1.71. The Hall–Kier alpha value is -3.28. The van der Waals surface area contributed by atoms with E-state index in [1.165, 1.54) is 12.1 Å². The Bertz CT molecular complexity index is 980. The summed E-state index contributed by atoms with van der Waals surface area (Å²) < 4.78 is 5.86. The highest BCUT2D eigenvalue weighted by Gasteiger charge is 2.12. The highest BCUT2D eigenvalue weighted by molar-refractivity contribution is 5.72. The lowest BCUT2D eigenvalue weighted by molar-refractivity contribution is 0.272. The van der Waals surface area contributed by atoms with Crippen LogP contribution in [0.4, 0.5) is 0 Å². The summed E-state index contributed by atoms with van der Waals surface area (Å²) in [6.45, 7) is 4.68. The van der Waals surface area contributed by atoms with Crippen LogP contribution >= 0.6 is 0 Å². The van der Waals surface area contributed by atoms with E-state index in [0.717, 1.165) is 5.56 Å². The molecule has 6 heteroatoms. The maximum absolute atomic E-state index is 12.1. The van der Waals surface area contributed by atoms with Crippen molar-refractivity contribution >= 4 is 0 Å². The van der Waals surface area contributed by atoms with Gasteiger partial charge in [0.15, 0.2) is 11.5 Å². The molecule has 3 rings (SSSR count). The largest absolute Gasteiger partial charge is 0.504 e. The van der Waals surface area contributed by atoms with Gasteiger partial charge in [0.05, 0.1) is 18.0 Å². The predicted octanol–water partition coefficient (Wildman–Crippen LogP) is 3.55. The number of hydrogen-bond donors (Lipinski definition) is 3. The Morgan fingerprint density at radius 1 is 1.08 bits per heavy atom. The molecule has 0 aliphatic carbocycles. The van der Waals surface area contributed by atoms with Gasteiger partial charge in [-0.3, -0.25) is 0 Å². The highest BCUT2D eigenvalue weighted by atomic mass is 16.5. The molecule has 0 unspecified atom stereocenters. The predicted molar refractivity (Wildman–Crippen MR) is 99.4 cm³/mol. The van der Waals surface area contributed by atoms with E-state index in [2.05, 4.69) is 23.8 Å². The summed E-state index contributed by atoms with van der Waals surface area (Å²) in [6, 6.07) is 13.5. The number of ether oxygens (including phenoxy) is 1. The lowest BCUT2D eigenvalue weighted by Gasteiger charge is -2.13. The Labute approximate surface area is 150 Å². The van der Waals surface area contributed by atoms with Crippen LogP contribution in [-0.4, -0.2) is 26.8 Å². The first-order valence-corrected chi connectivity index (χ1v) is 8.30. The van der Waals surface area contributed by atoms with Crippen LogP contribution in [0.2, 0.25) is 0 Å². The summed E-state index contributed by atoms with van der Waals surface area (Å²) in [7, 11) is 0. The summed E-state index contributed by atoms with van der Waals surface area (Å²) in [4.78, 5) is 18.8. The van der Waals surface area contributed by atoms with Crippen LogP contribution in [0.3, 0.4) is 0 Å². The molecule has 0 aliphatic rings. The zero-order valence-corrected chi connectivity index (χ0v) is 14.6. The minimum absolute atomic E-state index is 0.230. The first-order valence-electron chi connectivity index (χ1n) is 8.30. The Balaban J connectivity index is 2.06. The van der Waals surface area contributed by atoms with Gasteiger partial charge in [0.25, 0.3) is 0 Å². The minimum atomic E-state index is -0.510. The molecule has 3 aromatic rings. The number of aromatic amines is 1. The molecule has 0 saturated carbocycles. The molecule has 134 valence electrons. The SMILES string of the molecule is CC(C)COc1ccccc1-c1cc(-c2ccc(O)c(O)c2)nc(=O)[nH]1. The molecule has 3 N–H and O–H groups in total. The summed E-state index contributed by atoms with van der Waals surface area (Å²) in [5, 5.41) is 19.2. The molecule has 1 aromatic heterocycles. The molecule has 0 amide bonds. The van der Waals surface area contributed by atoms with Crippen molar-refractivity contribution in [2.24, 2.45) is 5.92 Å². The number of aromatic nitrogens is 2. The van der Waals surface area contributed by atoms with Crippen molar-refractivity contribution in [1.82, 2.24) is 9.97 Å². The number of aromatic hydroxyl groups is 2. The number of rotatable bonds is 5. The van der Waals surface area contributed by atoms with Crippen LogP contribution in [0.15, 0.2) is 53.3 Å². The van der Waals surface area contributed by atoms with E-state index in [0.29, 0.717) is 35.2 Å². The number of hydrogen-bond acceptors (Lipinski definition) is 5. The van der Waals surface area contributed by atoms with Crippen molar-refractivity contribution in [2.75, 3.05) is 6.61 Å². The van der Waals surface area contributed by atoms with Gasteiger partial charge in [0.1, 0.15) is 5.75 Å². The van der Waals surface area contributed by atoms with E-state index >= 15 is 0 Å². The van der Waals surface area contributed by atoms with Crippen molar-refractivity contribution in [1.29, 1.82) is 0 Å². The fourth-order valence-corrected chi connectivity index (χ4v) is 2.50. The fraction of sp³-hybridized carbons (Fsp3) is 0.200. The second-order valence-corrected chi connectivity index (χ2v) is 6.39. The van der Waals surface area contributed by atoms with Gasteiger partial charge in [-0.25, -0.2) is 4.79 Å². The molecule has 2 aromatic carbocycles. The number of phenolic OH excluding ortho intramolecular Hbond substituents is 2. The summed E-state index contributed by atoms with van der Waals surface area (Å²) in [6.07, 6.45) is 0. The zero-order valence-electron chi connectivity index (χ0n) is 14.6. The van der Waals surface area contributed by atoms with Crippen LogP contribution in [0.25, 0.3) is 22.5 Å². The Morgan fingerprint density at radius 3 is 2.58 bits per heavy atom. The molecular formula is C20H20N2O4. The van der Waals surface area contributed by atoms with E-state index < -0.39 is 5.69 Å². The smallest absolute Gasteiger partial charge is 0.345 e. The summed E-state index contributed by atoms with van der Waals surface area (Å²) >= 11 is 0. The van der Waals surface area contributed by atoms with Gasteiger partial charge in [-0.1, -0.05) is 26.0 Å². The molecule has 0 bridgehead atoms. The van der Waals surface area contributed by atoms with Crippen molar-refractivity contribution in [3.8, 4) is 39.8 Å². The summed E-state index contributed by atoms with van der Waals surface area (Å²) in [5.74, 6) is 0.538. The number of nitrogens with one attached hydrogen (secondary N) is 1. The monoisotopic (exact) mass is 352 g/mol. The van der Waals surface area contributed by atoms with Crippen molar-refractivity contribution < 1.29 is 14.9 Å². The highest BCUT2D eigenvalue weighted by Crippen LogP contribution is 2.32. The van der Waals surface area contributed by atoms with Gasteiger partial charge in [-0.2, -0.15) is 4.98 Å². The van der Waals surface area contributed by atoms with Crippen molar-refractivity contribution in [3.63, 3.8) is 0 Å². The first kappa shape index (κ1) is 17.5. The second kappa shape index (κ2) is 7.31. The second-order valence-electron chi connectivity index (χ2n) is 6.39. The third-order valence-electron chi connectivity index (χ3n) is 3.77. The van der Waals surface area contributed by atoms with E-state index in [1.54, 1.807) is 12.1 Å². The first-order chi connectivity index (χ1) is 12.4. The molecule has 0 spiro atoms. The van der Waals surface area contributed by atoms with Crippen LogP contribution in [0.5, 0.6) is 17.2 Å². The zero-order chi connectivity index (χ0) is 18.7. The lowest BCUT2D eigenvalue weighted by atomic mass is 10.1. The molecule has 0 atom stereocenters. The molecule has 26 heavy (non-hydrogen) atoms. The normalized spacial score (nSPS) is 10.9.